The SMILES string of the molecule is O=C1[C@@H]2C[C@@H](Oc3cnc(C4CC4)cn3)CN2CCCN1c1cccc(C(F)(F)F)c1. The van der Waals surface area contributed by atoms with Gasteiger partial charge in [0, 0.05) is 37.7 Å². The molecule has 0 N–H and O–H groups in total. The summed E-state index contributed by atoms with van der Waals surface area (Å²) in [5.74, 6) is 0.776. The number of rotatable bonds is 4. The van der Waals surface area contributed by atoms with Crippen LogP contribution in [0.3, 0.4) is 0 Å². The number of nitrogens with zero attached hydrogens (tertiary/aromatic N) is 4. The van der Waals surface area contributed by atoms with Gasteiger partial charge in [-0.15, -0.1) is 0 Å². The minimum atomic E-state index is -4.45. The molecular weight excluding hydrogens is 409 g/mol. The van der Waals surface area contributed by atoms with Gasteiger partial charge >= 0.3 is 6.18 Å². The average Bonchev–Trinajstić information content (AvgIpc) is 3.54. The van der Waals surface area contributed by atoms with Crippen molar-refractivity contribution in [2.45, 2.75) is 49.9 Å². The second-order valence-electron chi connectivity index (χ2n) is 8.43. The molecule has 0 bridgehead atoms. The Balaban J connectivity index is 1.29. The molecule has 1 aliphatic carbocycles. The van der Waals surface area contributed by atoms with Gasteiger partial charge in [0.05, 0.1) is 29.7 Å². The number of amides is 1. The molecule has 2 saturated heterocycles. The number of carbonyl (C=O) groups excluding carboxylic acids is 1. The molecule has 0 radical (unpaired) electrons. The first kappa shape index (κ1) is 20.2. The lowest BCUT2D eigenvalue weighted by molar-refractivity contribution is -0.137. The standard InChI is InChI=1S/C22H23F3N4O2/c23-22(24,25)15-3-1-4-16(9-15)29-8-2-7-28-13-17(10-19(28)21(29)30)31-20-12-26-18(11-27-20)14-5-6-14/h1,3-4,9,11-12,14,17,19H,2,5-8,10,13H2/t17-,19+/m1/s1. The summed E-state index contributed by atoms with van der Waals surface area (Å²) >= 11 is 0. The van der Waals surface area contributed by atoms with Crippen LogP contribution in [0.15, 0.2) is 36.7 Å². The summed E-state index contributed by atoms with van der Waals surface area (Å²) in [6.07, 6.45) is 2.18. The fourth-order valence-electron chi connectivity index (χ4n) is 4.43. The molecule has 31 heavy (non-hydrogen) atoms. The lowest BCUT2D eigenvalue weighted by Crippen LogP contribution is -2.42. The molecule has 6 nitrogen and oxygen atoms in total. The van der Waals surface area contributed by atoms with Crippen LogP contribution in [0, 0.1) is 0 Å². The number of aromatic nitrogens is 2. The van der Waals surface area contributed by atoms with Crippen molar-refractivity contribution < 1.29 is 22.7 Å². The number of ether oxygens (including phenoxy) is 1. The van der Waals surface area contributed by atoms with Gasteiger partial charge in [-0.05, 0) is 37.5 Å². The molecule has 1 aromatic heterocycles. The number of halogens is 3. The normalized spacial score (nSPS) is 24.7. The minimum absolute atomic E-state index is 0.182. The van der Waals surface area contributed by atoms with E-state index in [1.165, 1.54) is 11.0 Å². The first-order valence-corrected chi connectivity index (χ1v) is 10.6. The number of hydrogen-bond donors (Lipinski definition) is 0. The van der Waals surface area contributed by atoms with Crippen molar-refractivity contribution in [1.82, 2.24) is 14.9 Å². The molecule has 1 amide bonds. The monoisotopic (exact) mass is 432 g/mol. The highest BCUT2D eigenvalue weighted by Gasteiger charge is 2.42. The van der Waals surface area contributed by atoms with E-state index in [1.807, 2.05) is 0 Å². The maximum absolute atomic E-state index is 13.2. The number of hydrogen-bond acceptors (Lipinski definition) is 5. The number of fused-ring (bicyclic) bond motifs is 1. The van der Waals surface area contributed by atoms with Gasteiger partial charge in [0.1, 0.15) is 6.10 Å². The Morgan fingerprint density at radius 1 is 1.10 bits per heavy atom. The Hall–Kier alpha value is -2.68. The summed E-state index contributed by atoms with van der Waals surface area (Å²) in [4.78, 5) is 25.5. The van der Waals surface area contributed by atoms with Crippen LogP contribution in [0.2, 0.25) is 0 Å². The summed E-state index contributed by atoms with van der Waals surface area (Å²) in [7, 11) is 0. The second-order valence-corrected chi connectivity index (χ2v) is 8.43. The minimum Gasteiger partial charge on any atom is -0.472 e. The summed E-state index contributed by atoms with van der Waals surface area (Å²) < 4.78 is 45.3. The third kappa shape index (κ3) is 4.23. The molecule has 2 aromatic rings. The third-order valence-electron chi connectivity index (χ3n) is 6.16. The average molecular weight is 432 g/mol. The van der Waals surface area contributed by atoms with Gasteiger partial charge in [-0.3, -0.25) is 14.7 Å². The maximum Gasteiger partial charge on any atom is 0.416 e. The fraction of sp³-hybridized carbons (Fsp3) is 0.500. The molecule has 0 spiro atoms. The third-order valence-corrected chi connectivity index (χ3v) is 6.16. The van der Waals surface area contributed by atoms with Gasteiger partial charge in [0.25, 0.3) is 0 Å². The summed E-state index contributed by atoms with van der Waals surface area (Å²) in [5.41, 5.74) is 0.520. The zero-order valence-electron chi connectivity index (χ0n) is 16.9. The van der Waals surface area contributed by atoms with Crippen molar-refractivity contribution in [3.63, 3.8) is 0 Å². The number of benzene rings is 1. The summed E-state index contributed by atoms with van der Waals surface area (Å²) in [5, 5.41) is 0. The maximum atomic E-state index is 13.2. The molecule has 164 valence electrons. The van der Waals surface area contributed by atoms with E-state index < -0.39 is 17.8 Å². The van der Waals surface area contributed by atoms with Crippen LogP contribution < -0.4 is 9.64 Å². The molecule has 9 heteroatoms. The van der Waals surface area contributed by atoms with Gasteiger partial charge in [-0.1, -0.05) is 6.07 Å². The van der Waals surface area contributed by atoms with Gasteiger partial charge in [-0.2, -0.15) is 13.2 Å². The van der Waals surface area contributed by atoms with Crippen LogP contribution in [-0.2, 0) is 11.0 Å². The van der Waals surface area contributed by atoms with Crippen LogP contribution >= 0.6 is 0 Å². The zero-order valence-corrected chi connectivity index (χ0v) is 16.9. The van der Waals surface area contributed by atoms with Crippen LogP contribution in [0.25, 0.3) is 0 Å². The number of anilines is 1. The van der Waals surface area contributed by atoms with Gasteiger partial charge < -0.3 is 9.64 Å². The number of alkyl halides is 3. The Kier molecular flexibility index (Phi) is 5.08. The topological polar surface area (TPSA) is 58.6 Å². The van der Waals surface area contributed by atoms with E-state index in [1.54, 1.807) is 18.5 Å². The van der Waals surface area contributed by atoms with E-state index in [4.69, 9.17) is 4.74 Å². The van der Waals surface area contributed by atoms with Crippen molar-refractivity contribution in [1.29, 1.82) is 0 Å². The largest absolute Gasteiger partial charge is 0.472 e. The Morgan fingerprint density at radius 3 is 2.65 bits per heavy atom. The predicted octanol–water partition coefficient (Wildman–Crippen LogP) is 3.63. The summed E-state index contributed by atoms with van der Waals surface area (Å²) in [6.45, 7) is 1.67. The Bertz CT molecular complexity index is 962. The molecule has 1 aromatic carbocycles. The molecule has 3 heterocycles. The highest BCUT2D eigenvalue weighted by atomic mass is 19.4. The smallest absolute Gasteiger partial charge is 0.416 e. The molecule has 1 saturated carbocycles. The van der Waals surface area contributed by atoms with E-state index in [0.717, 1.165) is 30.7 Å². The quantitative estimate of drug-likeness (QED) is 0.739. The molecule has 5 rings (SSSR count). The molecule has 0 unspecified atom stereocenters. The molecule has 3 fully saturated rings. The highest BCUT2D eigenvalue weighted by molar-refractivity contribution is 5.97. The van der Waals surface area contributed by atoms with E-state index in [-0.39, 0.29) is 17.7 Å². The molecular formula is C22H23F3N4O2. The lowest BCUT2D eigenvalue weighted by atomic mass is 10.1. The lowest BCUT2D eigenvalue weighted by Gasteiger charge is -2.25. The van der Waals surface area contributed by atoms with Gasteiger partial charge in [0.2, 0.25) is 11.8 Å². The van der Waals surface area contributed by atoms with E-state index in [9.17, 15) is 18.0 Å². The first-order chi connectivity index (χ1) is 14.9. The van der Waals surface area contributed by atoms with Crippen LogP contribution in [0.1, 0.15) is 42.9 Å². The van der Waals surface area contributed by atoms with E-state index >= 15 is 0 Å². The summed E-state index contributed by atoms with van der Waals surface area (Å²) in [6, 6.07) is 4.56. The van der Waals surface area contributed by atoms with E-state index in [2.05, 4.69) is 14.9 Å². The Labute approximate surface area is 178 Å². The molecule has 3 aliphatic rings. The van der Waals surface area contributed by atoms with Crippen LogP contribution in [0.4, 0.5) is 18.9 Å². The Morgan fingerprint density at radius 2 is 1.94 bits per heavy atom. The van der Waals surface area contributed by atoms with E-state index in [0.29, 0.717) is 44.3 Å². The van der Waals surface area contributed by atoms with Gasteiger partial charge in [-0.25, -0.2) is 4.98 Å². The predicted molar refractivity (Wildman–Crippen MR) is 107 cm³/mol. The zero-order chi connectivity index (χ0) is 21.6. The van der Waals surface area contributed by atoms with Gasteiger partial charge in [0.15, 0.2) is 0 Å². The van der Waals surface area contributed by atoms with Crippen LogP contribution in [0.5, 0.6) is 5.88 Å². The molecule has 2 aliphatic heterocycles. The highest BCUT2D eigenvalue weighted by Crippen LogP contribution is 2.39. The second kappa shape index (κ2) is 7.78. The van der Waals surface area contributed by atoms with Crippen LogP contribution in [-0.4, -0.2) is 52.6 Å². The van der Waals surface area contributed by atoms with Crippen molar-refractivity contribution in [2.75, 3.05) is 24.5 Å². The number of carbonyl (C=O) groups is 1. The first-order valence-electron chi connectivity index (χ1n) is 10.6. The molecule has 2 atom stereocenters. The fourth-order valence-corrected chi connectivity index (χ4v) is 4.43. The van der Waals surface area contributed by atoms with Crippen molar-refractivity contribution in [3.8, 4) is 5.88 Å². The van der Waals surface area contributed by atoms with Crippen molar-refractivity contribution in [2.24, 2.45) is 0 Å². The van der Waals surface area contributed by atoms with Crippen molar-refractivity contribution >= 4 is 11.6 Å². The van der Waals surface area contributed by atoms with Crippen molar-refractivity contribution in [3.05, 3.63) is 47.9 Å².